The molecule has 1 saturated heterocycles. The van der Waals surface area contributed by atoms with E-state index >= 15 is 0 Å². The second-order valence-corrected chi connectivity index (χ2v) is 5.04. The molecule has 0 aliphatic carbocycles. The van der Waals surface area contributed by atoms with E-state index in [0.29, 0.717) is 0 Å². The van der Waals surface area contributed by atoms with Crippen LogP contribution in [0.4, 0.5) is 0 Å². The fourth-order valence-electron chi connectivity index (χ4n) is 1.98. The molecule has 4 heteroatoms. The zero-order chi connectivity index (χ0) is 11.5. The summed E-state index contributed by atoms with van der Waals surface area (Å²) >= 11 is 0. The molecular weight excluding hydrogens is 190 g/mol. The van der Waals surface area contributed by atoms with Crippen molar-refractivity contribution < 1.29 is 4.79 Å². The normalized spacial score (nSPS) is 20.3. The summed E-state index contributed by atoms with van der Waals surface area (Å²) in [4.78, 5) is 16.3. The van der Waals surface area contributed by atoms with Crippen molar-refractivity contribution in [2.75, 3.05) is 46.8 Å². The highest BCUT2D eigenvalue weighted by molar-refractivity contribution is 5.81. The van der Waals surface area contributed by atoms with Crippen LogP contribution in [0.3, 0.4) is 0 Å². The van der Waals surface area contributed by atoms with Crippen LogP contribution in [-0.2, 0) is 4.79 Å². The molecule has 1 aliphatic rings. The predicted molar refractivity (Wildman–Crippen MR) is 61.8 cm³/mol. The maximum absolute atomic E-state index is 11.6. The van der Waals surface area contributed by atoms with E-state index in [0.717, 1.165) is 32.7 Å². The standard InChI is InChI=1S/C11H23N3O/c1-11(2,10(15)12-3)9-14-7-5-13(4)6-8-14/h5-9H2,1-4H3,(H,12,15). The Kier molecular flexibility index (Phi) is 4.11. The van der Waals surface area contributed by atoms with E-state index in [1.807, 2.05) is 13.8 Å². The van der Waals surface area contributed by atoms with Gasteiger partial charge in [0, 0.05) is 39.8 Å². The van der Waals surface area contributed by atoms with Crippen LogP contribution in [0.15, 0.2) is 0 Å². The number of piperazine rings is 1. The van der Waals surface area contributed by atoms with E-state index in [2.05, 4.69) is 22.2 Å². The van der Waals surface area contributed by atoms with Crippen LogP contribution in [-0.4, -0.2) is 62.5 Å². The number of hydrogen-bond donors (Lipinski definition) is 1. The first-order chi connectivity index (χ1) is 6.95. The zero-order valence-corrected chi connectivity index (χ0v) is 10.3. The average Bonchev–Trinajstić information content (AvgIpc) is 2.20. The lowest BCUT2D eigenvalue weighted by Gasteiger charge is -2.36. The van der Waals surface area contributed by atoms with E-state index in [4.69, 9.17) is 0 Å². The Morgan fingerprint density at radius 2 is 1.80 bits per heavy atom. The van der Waals surface area contributed by atoms with Crippen LogP contribution in [0, 0.1) is 5.41 Å². The summed E-state index contributed by atoms with van der Waals surface area (Å²) in [6.45, 7) is 9.19. The molecule has 0 bridgehead atoms. The lowest BCUT2D eigenvalue weighted by Crippen LogP contribution is -2.50. The van der Waals surface area contributed by atoms with Gasteiger partial charge in [0.1, 0.15) is 0 Å². The van der Waals surface area contributed by atoms with Gasteiger partial charge in [-0.2, -0.15) is 0 Å². The average molecular weight is 213 g/mol. The van der Waals surface area contributed by atoms with E-state index < -0.39 is 0 Å². The summed E-state index contributed by atoms with van der Waals surface area (Å²) in [6, 6.07) is 0. The van der Waals surface area contributed by atoms with Gasteiger partial charge in [0.05, 0.1) is 5.41 Å². The molecule has 0 radical (unpaired) electrons. The molecule has 0 aromatic carbocycles. The molecule has 0 atom stereocenters. The summed E-state index contributed by atoms with van der Waals surface area (Å²) < 4.78 is 0. The van der Waals surface area contributed by atoms with Crippen LogP contribution in [0.2, 0.25) is 0 Å². The SMILES string of the molecule is CNC(=O)C(C)(C)CN1CCN(C)CC1. The highest BCUT2D eigenvalue weighted by atomic mass is 16.2. The van der Waals surface area contributed by atoms with Crippen molar-refractivity contribution in [3.8, 4) is 0 Å². The predicted octanol–water partition coefficient (Wildman–Crippen LogP) is 0.00600. The van der Waals surface area contributed by atoms with Crippen LogP contribution in [0.1, 0.15) is 13.8 Å². The maximum Gasteiger partial charge on any atom is 0.226 e. The first kappa shape index (κ1) is 12.5. The van der Waals surface area contributed by atoms with Gasteiger partial charge in [0.15, 0.2) is 0 Å². The third kappa shape index (κ3) is 3.47. The van der Waals surface area contributed by atoms with Gasteiger partial charge in [-0.15, -0.1) is 0 Å². The van der Waals surface area contributed by atoms with Crippen LogP contribution >= 0.6 is 0 Å². The molecule has 0 aromatic rings. The Labute approximate surface area is 92.6 Å². The lowest BCUT2D eigenvalue weighted by molar-refractivity contribution is -0.130. The molecule has 1 aliphatic heterocycles. The molecule has 1 heterocycles. The third-order valence-electron chi connectivity index (χ3n) is 3.06. The largest absolute Gasteiger partial charge is 0.359 e. The van der Waals surface area contributed by atoms with Crippen molar-refractivity contribution in [1.29, 1.82) is 0 Å². The fraction of sp³-hybridized carbons (Fsp3) is 0.909. The molecule has 1 amide bonds. The number of carbonyl (C=O) groups is 1. The highest BCUT2D eigenvalue weighted by Crippen LogP contribution is 2.17. The molecule has 1 fully saturated rings. The van der Waals surface area contributed by atoms with Gasteiger partial charge in [-0.1, -0.05) is 0 Å². The van der Waals surface area contributed by atoms with Crippen LogP contribution in [0.25, 0.3) is 0 Å². The van der Waals surface area contributed by atoms with Crippen molar-refractivity contribution in [2.24, 2.45) is 5.41 Å². The van der Waals surface area contributed by atoms with Crippen LogP contribution < -0.4 is 5.32 Å². The quantitative estimate of drug-likeness (QED) is 0.717. The molecule has 0 unspecified atom stereocenters. The maximum atomic E-state index is 11.6. The highest BCUT2D eigenvalue weighted by Gasteiger charge is 2.30. The first-order valence-electron chi connectivity index (χ1n) is 5.59. The molecule has 15 heavy (non-hydrogen) atoms. The minimum absolute atomic E-state index is 0.126. The van der Waals surface area contributed by atoms with Crippen LogP contribution in [0.5, 0.6) is 0 Å². The number of amides is 1. The van der Waals surface area contributed by atoms with Gasteiger partial charge in [-0.3, -0.25) is 9.69 Å². The Morgan fingerprint density at radius 1 is 1.27 bits per heavy atom. The molecule has 0 aromatic heterocycles. The van der Waals surface area contributed by atoms with Crippen molar-refractivity contribution in [3.05, 3.63) is 0 Å². The third-order valence-corrected chi connectivity index (χ3v) is 3.06. The second-order valence-electron chi connectivity index (χ2n) is 5.04. The van der Waals surface area contributed by atoms with E-state index in [1.54, 1.807) is 7.05 Å². The lowest BCUT2D eigenvalue weighted by atomic mass is 9.91. The van der Waals surface area contributed by atoms with Gasteiger partial charge in [0.2, 0.25) is 5.91 Å². The Bertz CT molecular complexity index is 220. The molecule has 88 valence electrons. The monoisotopic (exact) mass is 213 g/mol. The Morgan fingerprint density at radius 3 is 2.27 bits per heavy atom. The molecular formula is C11H23N3O. The Balaban J connectivity index is 2.43. The summed E-state index contributed by atoms with van der Waals surface area (Å²) in [7, 11) is 3.84. The number of hydrogen-bond acceptors (Lipinski definition) is 3. The second kappa shape index (κ2) is 4.94. The molecule has 4 nitrogen and oxygen atoms in total. The fourth-order valence-corrected chi connectivity index (χ4v) is 1.98. The molecule has 0 saturated carbocycles. The summed E-state index contributed by atoms with van der Waals surface area (Å²) in [5, 5.41) is 2.73. The first-order valence-corrected chi connectivity index (χ1v) is 5.59. The number of rotatable bonds is 3. The van der Waals surface area contributed by atoms with Crippen molar-refractivity contribution in [1.82, 2.24) is 15.1 Å². The molecule has 1 N–H and O–H groups in total. The van der Waals surface area contributed by atoms with Gasteiger partial charge >= 0.3 is 0 Å². The summed E-state index contributed by atoms with van der Waals surface area (Å²) in [5.74, 6) is 0.126. The van der Waals surface area contributed by atoms with Crippen molar-refractivity contribution in [2.45, 2.75) is 13.8 Å². The minimum Gasteiger partial charge on any atom is -0.359 e. The van der Waals surface area contributed by atoms with E-state index in [9.17, 15) is 4.79 Å². The smallest absolute Gasteiger partial charge is 0.226 e. The summed E-state index contributed by atoms with van der Waals surface area (Å²) in [5.41, 5.74) is -0.287. The number of likely N-dealkylation sites (N-methyl/N-ethyl adjacent to an activating group) is 1. The molecule has 0 spiro atoms. The van der Waals surface area contributed by atoms with Gasteiger partial charge in [-0.25, -0.2) is 0 Å². The number of nitrogens with one attached hydrogen (secondary N) is 1. The number of carbonyl (C=O) groups excluding carboxylic acids is 1. The van der Waals surface area contributed by atoms with Crippen molar-refractivity contribution in [3.63, 3.8) is 0 Å². The van der Waals surface area contributed by atoms with Gasteiger partial charge < -0.3 is 10.2 Å². The summed E-state index contributed by atoms with van der Waals surface area (Å²) in [6.07, 6.45) is 0. The minimum atomic E-state index is -0.287. The van der Waals surface area contributed by atoms with Gasteiger partial charge in [0.25, 0.3) is 0 Å². The van der Waals surface area contributed by atoms with E-state index in [-0.39, 0.29) is 11.3 Å². The van der Waals surface area contributed by atoms with E-state index in [1.165, 1.54) is 0 Å². The van der Waals surface area contributed by atoms with Crippen molar-refractivity contribution >= 4 is 5.91 Å². The van der Waals surface area contributed by atoms with Gasteiger partial charge in [-0.05, 0) is 20.9 Å². The number of nitrogens with zero attached hydrogens (tertiary/aromatic N) is 2. The molecule has 1 rings (SSSR count). The Hall–Kier alpha value is -0.610. The topological polar surface area (TPSA) is 35.6 Å². The zero-order valence-electron chi connectivity index (χ0n) is 10.3.